The molecular formula is C19H27N3O2. The highest BCUT2D eigenvalue weighted by Gasteiger charge is 2.21. The summed E-state index contributed by atoms with van der Waals surface area (Å²) in [6, 6.07) is 4.57. The molecule has 1 aliphatic rings. The number of aromatic nitrogens is 1. The summed E-state index contributed by atoms with van der Waals surface area (Å²) in [6.07, 6.45) is -0.375. The van der Waals surface area contributed by atoms with Crippen LogP contribution in [0.15, 0.2) is 12.1 Å². The highest BCUT2D eigenvalue weighted by molar-refractivity contribution is 5.87. The van der Waals surface area contributed by atoms with Crippen LogP contribution >= 0.6 is 0 Å². The highest BCUT2D eigenvalue weighted by atomic mass is 16.6. The SMILES string of the molecule is Cc1c(CNC(=O)OC(C)(C)C)c2cc3c(cc2n1C)CN(C)C3. The zero-order valence-corrected chi connectivity index (χ0v) is 15.5. The molecule has 1 aliphatic heterocycles. The predicted molar refractivity (Wildman–Crippen MR) is 95.9 cm³/mol. The monoisotopic (exact) mass is 329 g/mol. The normalized spacial score (nSPS) is 14.9. The molecule has 0 saturated heterocycles. The van der Waals surface area contributed by atoms with Crippen molar-refractivity contribution >= 4 is 17.0 Å². The Morgan fingerprint density at radius 2 is 1.83 bits per heavy atom. The molecule has 3 rings (SSSR count). The molecule has 1 aromatic carbocycles. The molecule has 0 aliphatic carbocycles. The summed E-state index contributed by atoms with van der Waals surface area (Å²) in [4.78, 5) is 14.3. The van der Waals surface area contributed by atoms with Crippen LogP contribution < -0.4 is 5.32 Å². The van der Waals surface area contributed by atoms with Crippen molar-refractivity contribution in [1.29, 1.82) is 0 Å². The van der Waals surface area contributed by atoms with E-state index in [0.717, 1.165) is 18.7 Å². The van der Waals surface area contributed by atoms with Crippen molar-refractivity contribution in [2.75, 3.05) is 7.05 Å². The smallest absolute Gasteiger partial charge is 0.407 e. The van der Waals surface area contributed by atoms with Gasteiger partial charge < -0.3 is 14.6 Å². The molecule has 2 heterocycles. The molecule has 2 aromatic rings. The average Bonchev–Trinajstić information content (AvgIpc) is 2.92. The molecule has 130 valence electrons. The third-order valence-corrected chi connectivity index (χ3v) is 4.63. The van der Waals surface area contributed by atoms with Crippen LogP contribution in [0, 0.1) is 6.92 Å². The zero-order valence-electron chi connectivity index (χ0n) is 15.5. The van der Waals surface area contributed by atoms with Gasteiger partial charge in [0.2, 0.25) is 0 Å². The lowest BCUT2D eigenvalue weighted by atomic mass is 10.0. The number of nitrogens with one attached hydrogen (secondary N) is 1. The van der Waals surface area contributed by atoms with Gasteiger partial charge in [0.25, 0.3) is 0 Å². The summed E-state index contributed by atoms with van der Waals surface area (Å²) in [5.74, 6) is 0. The fraction of sp³-hybridized carbons (Fsp3) is 0.526. The Morgan fingerprint density at radius 1 is 1.21 bits per heavy atom. The van der Waals surface area contributed by atoms with Crippen LogP contribution in [0.25, 0.3) is 10.9 Å². The molecule has 5 nitrogen and oxygen atoms in total. The second-order valence-corrected chi connectivity index (χ2v) is 7.79. The number of alkyl carbamates (subject to hydrolysis) is 1. The first-order chi connectivity index (χ1) is 11.2. The van der Waals surface area contributed by atoms with Crippen LogP contribution in [-0.4, -0.2) is 28.2 Å². The lowest BCUT2D eigenvalue weighted by Crippen LogP contribution is -2.32. The van der Waals surface area contributed by atoms with Gasteiger partial charge >= 0.3 is 6.09 Å². The van der Waals surface area contributed by atoms with Crippen molar-refractivity contribution in [2.45, 2.75) is 52.9 Å². The lowest BCUT2D eigenvalue weighted by Gasteiger charge is -2.19. The first-order valence-corrected chi connectivity index (χ1v) is 8.41. The number of benzene rings is 1. The molecule has 0 spiro atoms. The van der Waals surface area contributed by atoms with Crippen molar-refractivity contribution in [3.63, 3.8) is 0 Å². The lowest BCUT2D eigenvalue weighted by molar-refractivity contribution is 0.0523. The average molecular weight is 329 g/mol. The largest absolute Gasteiger partial charge is 0.444 e. The van der Waals surface area contributed by atoms with Gasteiger partial charge in [0.15, 0.2) is 0 Å². The van der Waals surface area contributed by atoms with E-state index in [4.69, 9.17) is 4.74 Å². The van der Waals surface area contributed by atoms with E-state index in [2.05, 4.69) is 47.9 Å². The van der Waals surface area contributed by atoms with Crippen LogP contribution in [0.3, 0.4) is 0 Å². The molecule has 24 heavy (non-hydrogen) atoms. The number of hydrogen-bond acceptors (Lipinski definition) is 3. The first-order valence-electron chi connectivity index (χ1n) is 8.41. The number of carbonyl (C=O) groups excluding carboxylic acids is 1. The third kappa shape index (κ3) is 3.13. The maximum atomic E-state index is 12.0. The van der Waals surface area contributed by atoms with Gasteiger partial charge in [0.1, 0.15) is 5.60 Å². The molecule has 1 amide bonds. The molecule has 0 bridgehead atoms. The number of nitrogens with zero attached hydrogens (tertiary/aromatic N) is 2. The van der Waals surface area contributed by atoms with Crippen LogP contribution in [0.1, 0.15) is 43.2 Å². The van der Waals surface area contributed by atoms with Gasteiger partial charge in [-0.3, -0.25) is 4.90 Å². The second kappa shape index (κ2) is 5.81. The summed E-state index contributed by atoms with van der Waals surface area (Å²) in [5, 5.41) is 4.12. The Hall–Kier alpha value is -2.01. The minimum absolute atomic E-state index is 0.375. The van der Waals surface area contributed by atoms with Gasteiger partial charge in [0.05, 0.1) is 0 Å². The first kappa shape index (κ1) is 16.8. The van der Waals surface area contributed by atoms with E-state index in [-0.39, 0.29) is 6.09 Å². The van der Waals surface area contributed by atoms with E-state index in [1.807, 2.05) is 20.8 Å². The van der Waals surface area contributed by atoms with Crippen LogP contribution in [0.2, 0.25) is 0 Å². The van der Waals surface area contributed by atoms with Gasteiger partial charge in [-0.05, 0) is 63.6 Å². The minimum Gasteiger partial charge on any atom is -0.444 e. The highest BCUT2D eigenvalue weighted by Crippen LogP contribution is 2.31. The van der Waals surface area contributed by atoms with Gasteiger partial charge in [0, 0.05) is 43.3 Å². The topological polar surface area (TPSA) is 46.5 Å². The van der Waals surface area contributed by atoms with Crippen LogP contribution in [0.5, 0.6) is 0 Å². The fourth-order valence-electron chi connectivity index (χ4n) is 3.40. The fourth-order valence-corrected chi connectivity index (χ4v) is 3.40. The number of rotatable bonds is 2. The molecule has 1 N–H and O–H groups in total. The van der Waals surface area contributed by atoms with E-state index in [0.29, 0.717) is 6.54 Å². The van der Waals surface area contributed by atoms with E-state index in [1.165, 1.54) is 27.7 Å². The third-order valence-electron chi connectivity index (χ3n) is 4.63. The molecule has 0 radical (unpaired) electrons. The van der Waals surface area contributed by atoms with E-state index >= 15 is 0 Å². The molecule has 0 fully saturated rings. The minimum atomic E-state index is -0.483. The molecule has 1 aromatic heterocycles. The summed E-state index contributed by atoms with van der Waals surface area (Å²) >= 11 is 0. The van der Waals surface area contributed by atoms with Gasteiger partial charge in [-0.1, -0.05) is 0 Å². The molecule has 0 saturated carbocycles. The quantitative estimate of drug-likeness (QED) is 0.918. The second-order valence-electron chi connectivity index (χ2n) is 7.79. The summed E-state index contributed by atoms with van der Waals surface area (Å²) in [7, 11) is 4.22. The van der Waals surface area contributed by atoms with Gasteiger partial charge in [-0.25, -0.2) is 4.79 Å². The maximum Gasteiger partial charge on any atom is 0.407 e. The van der Waals surface area contributed by atoms with Gasteiger partial charge in [-0.15, -0.1) is 0 Å². The zero-order chi connectivity index (χ0) is 17.6. The summed E-state index contributed by atoms with van der Waals surface area (Å²) in [5.41, 5.74) is 5.87. The summed E-state index contributed by atoms with van der Waals surface area (Å²) < 4.78 is 7.55. The number of ether oxygens (including phenoxy) is 1. The number of hydrogen-bond donors (Lipinski definition) is 1. The number of carbonyl (C=O) groups is 1. The Kier molecular flexibility index (Phi) is 4.08. The predicted octanol–water partition coefficient (Wildman–Crippen LogP) is 3.46. The van der Waals surface area contributed by atoms with E-state index < -0.39 is 5.60 Å². The Labute approximate surface area is 143 Å². The van der Waals surface area contributed by atoms with Crippen molar-refractivity contribution in [3.05, 3.63) is 34.5 Å². The number of fused-ring (bicyclic) bond motifs is 2. The van der Waals surface area contributed by atoms with Crippen molar-refractivity contribution in [1.82, 2.24) is 14.8 Å². The Bertz CT molecular complexity index is 799. The van der Waals surface area contributed by atoms with Crippen LogP contribution in [0.4, 0.5) is 4.79 Å². The summed E-state index contributed by atoms with van der Waals surface area (Å²) in [6.45, 7) is 10.2. The number of aryl methyl sites for hydroxylation is 1. The molecule has 0 atom stereocenters. The van der Waals surface area contributed by atoms with Crippen molar-refractivity contribution in [2.24, 2.45) is 7.05 Å². The van der Waals surface area contributed by atoms with Crippen molar-refractivity contribution < 1.29 is 9.53 Å². The van der Waals surface area contributed by atoms with Crippen LogP contribution in [-0.2, 0) is 31.4 Å². The van der Waals surface area contributed by atoms with E-state index in [1.54, 1.807) is 0 Å². The molecule has 0 unspecified atom stereocenters. The standard InChI is InChI=1S/C19H27N3O2/c1-12-16(9-20-18(23)24-19(2,3)4)15-7-13-10-21(5)11-14(13)8-17(15)22(12)6/h7-8H,9-11H2,1-6H3,(H,20,23). The number of amides is 1. The maximum absolute atomic E-state index is 12.0. The van der Waals surface area contributed by atoms with Gasteiger partial charge in [-0.2, -0.15) is 0 Å². The van der Waals surface area contributed by atoms with E-state index in [9.17, 15) is 4.79 Å². The van der Waals surface area contributed by atoms with Crippen molar-refractivity contribution in [3.8, 4) is 0 Å². The molecule has 5 heteroatoms. The Balaban J connectivity index is 1.89. The molecular weight excluding hydrogens is 302 g/mol. The Morgan fingerprint density at radius 3 is 2.46 bits per heavy atom.